The van der Waals surface area contributed by atoms with Crippen LogP contribution >= 0.6 is 0 Å². The third-order valence-corrected chi connectivity index (χ3v) is 5.49. The summed E-state index contributed by atoms with van der Waals surface area (Å²) in [6.07, 6.45) is 1.87. The average Bonchev–Trinajstić information content (AvgIpc) is 3.12. The quantitative estimate of drug-likeness (QED) is 0.327. The molecule has 1 heterocycles. The van der Waals surface area contributed by atoms with Crippen molar-refractivity contribution in [2.45, 2.75) is 0 Å². The Labute approximate surface area is 170 Å². The number of benzene rings is 4. The minimum absolute atomic E-state index is 0.837. The van der Waals surface area contributed by atoms with Crippen LogP contribution in [0, 0.1) is 0 Å². The third kappa shape index (κ3) is 2.73. The molecule has 0 atom stereocenters. The van der Waals surface area contributed by atoms with Gasteiger partial charge in [-0.1, -0.05) is 67.3 Å². The summed E-state index contributed by atoms with van der Waals surface area (Å²) in [6, 6.07) is 31.9. The van der Waals surface area contributed by atoms with Crippen LogP contribution in [-0.4, -0.2) is 11.7 Å². The molecule has 0 amide bonds. The van der Waals surface area contributed by atoms with Gasteiger partial charge in [0.25, 0.3) is 0 Å². The molecule has 1 aromatic heterocycles. The molecular formula is C27H21NO. The van der Waals surface area contributed by atoms with Crippen molar-refractivity contribution in [1.29, 1.82) is 0 Å². The van der Waals surface area contributed by atoms with Crippen LogP contribution < -0.4 is 4.74 Å². The highest BCUT2D eigenvalue weighted by Crippen LogP contribution is 2.37. The predicted octanol–water partition coefficient (Wildman–Crippen LogP) is 7.10. The Morgan fingerprint density at radius 1 is 0.759 bits per heavy atom. The van der Waals surface area contributed by atoms with Crippen LogP contribution in [-0.2, 0) is 0 Å². The minimum atomic E-state index is 0.837. The Balaban J connectivity index is 1.82. The summed E-state index contributed by atoms with van der Waals surface area (Å²) < 4.78 is 7.87. The fourth-order valence-electron chi connectivity index (χ4n) is 4.18. The molecule has 0 aliphatic rings. The van der Waals surface area contributed by atoms with Crippen LogP contribution in [0.2, 0.25) is 0 Å². The second-order valence-electron chi connectivity index (χ2n) is 7.05. The summed E-state index contributed by atoms with van der Waals surface area (Å²) in [6.45, 7) is 4.00. The number of aromatic nitrogens is 1. The molecule has 5 aromatic rings. The molecule has 4 aromatic carbocycles. The van der Waals surface area contributed by atoms with Gasteiger partial charge in [0.1, 0.15) is 5.75 Å². The number of methoxy groups -OCH3 is 1. The molecule has 140 valence electrons. The predicted molar refractivity (Wildman–Crippen MR) is 123 cm³/mol. The first-order chi connectivity index (χ1) is 14.3. The molecule has 0 radical (unpaired) electrons. The van der Waals surface area contributed by atoms with Gasteiger partial charge >= 0.3 is 0 Å². The number of rotatable bonds is 4. The molecule has 0 N–H and O–H groups in total. The van der Waals surface area contributed by atoms with Crippen molar-refractivity contribution in [2.75, 3.05) is 7.11 Å². The Bertz CT molecular complexity index is 1350. The first kappa shape index (κ1) is 17.3. The highest BCUT2D eigenvalue weighted by atomic mass is 16.5. The van der Waals surface area contributed by atoms with E-state index in [2.05, 4.69) is 90.0 Å². The highest BCUT2D eigenvalue weighted by Gasteiger charge is 2.14. The lowest BCUT2D eigenvalue weighted by Gasteiger charge is -2.12. The van der Waals surface area contributed by atoms with E-state index in [0.29, 0.717) is 0 Å². The minimum Gasteiger partial charge on any atom is -0.496 e. The van der Waals surface area contributed by atoms with E-state index in [-0.39, 0.29) is 0 Å². The second-order valence-corrected chi connectivity index (χ2v) is 7.05. The second kappa shape index (κ2) is 6.99. The average molecular weight is 375 g/mol. The molecule has 5 rings (SSSR count). The molecule has 2 nitrogen and oxygen atoms in total. The van der Waals surface area contributed by atoms with E-state index >= 15 is 0 Å². The molecule has 0 aliphatic heterocycles. The zero-order valence-corrected chi connectivity index (χ0v) is 16.3. The molecule has 0 spiro atoms. The molecule has 0 saturated heterocycles. The lowest BCUT2D eigenvalue weighted by molar-refractivity contribution is 0.414. The third-order valence-electron chi connectivity index (χ3n) is 5.49. The van der Waals surface area contributed by atoms with Crippen molar-refractivity contribution >= 4 is 27.9 Å². The van der Waals surface area contributed by atoms with Crippen molar-refractivity contribution in [3.8, 4) is 22.6 Å². The molecular weight excluding hydrogens is 354 g/mol. The van der Waals surface area contributed by atoms with Gasteiger partial charge in [0.05, 0.1) is 18.1 Å². The topological polar surface area (TPSA) is 14.2 Å². The van der Waals surface area contributed by atoms with Gasteiger partial charge in [0.15, 0.2) is 0 Å². The van der Waals surface area contributed by atoms with Gasteiger partial charge < -0.3 is 9.30 Å². The summed E-state index contributed by atoms with van der Waals surface area (Å²) in [5, 5.41) is 2.48. The zero-order chi connectivity index (χ0) is 19.8. The number of fused-ring (bicyclic) bond motifs is 3. The molecule has 29 heavy (non-hydrogen) atoms. The monoisotopic (exact) mass is 375 g/mol. The lowest BCUT2D eigenvalue weighted by Crippen LogP contribution is -1.93. The summed E-state index contributed by atoms with van der Waals surface area (Å²) in [7, 11) is 1.70. The maximum absolute atomic E-state index is 5.54. The molecule has 0 aliphatic carbocycles. The Hall–Kier alpha value is -3.78. The Kier molecular flexibility index (Phi) is 4.18. The number of ether oxygens (including phenoxy) is 1. The number of hydrogen-bond donors (Lipinski definition) is 0. The van der Waals surface area contributed by atoms with Gasteiger partial charge in [-0.3, -0.25) is 0 Å². The van der Waals surface area contributed by atoms with Crippen LogP contribution in [0.4, 0.5) is 0 Å². The maximum Gasteiger partial charge on any atom is 0.126 e. The van der Waals surface area contributed by atoms with Crippen molar-refractivity contribution in [3.05, 3.63) is 103 Å². The van der Waals surface area contributed by atoms with Crippen molar-refractivity contribution in [2.24, 2.45) is 0 Å². The van der Waals surface area contributed by atoms with E-state index in [1.165, 1.54) is 27.5 Å². The Morgan fingerprint density at radius 2 is 1.52 bits per heavy atom. The van der Waals surface area contributed by atoms with Crippen molar-refractivity contribution in [3.63, 3.8) is 0 Å². The Morgan fingerprint density at radius 3 is 2.31 bits per heavy atom. The summed E-state index contributed by atoms with van der Waals surface area (Å²) >= 11 is 0. The van der Waals surface area contributed by atoms with Gasteiger partial charge in [0, 0.05) is 22.0 Å². The number of nitrogens with zero attached hydrogens (tertiary/aromatic N) is 1. The lowest BCUT2D eigenvalue weighted by atomic mass is 9.97. The number of para-hydroxylation sites is 2. The normalized spacial score (nSPS) is 11.1. The van der Waals surface area contributed by atoms with E-state index in [9.17, 15) is 0 Å². The fraction of sp³-hybridized carbons (Fsp3) is 0.0370. The van der Waals surface area contributed by atoms with Crippen molar-refractivity contribution in [1.82, 2.24) is 4.57 Å². The van der Waals surface area contributed by atoms with E-state index in [1.807, 2.05) is 18.2 Å². The van der Waals surface area contributed by atoms with Gasteiger partial charge in [-0.15, -0.1) is 0 Å². The highest BCUT2D eigenvalue weighted by molar-refractivity contribution is 6.10. The summed E-state index contributed by atoms with van der Waals surface area (Å²) in [5.41, 5.74) is 6.87. The van der Waals surface area contributed by atoms with Gasteiger partial charge in [0.2, 0.25) is 0 Å². The van der Waals surface area contributed by atoms with Crippen LogP contribution in [0.1, 0.15) is 5.56 Å². The summed E-state index contributed by atoms with van der Waals surface area (Å²) in [5.74, 6) is 0.837. The van der Waals surface area contributed by atoms with Crippen LogP contribution in [0.5, 0.6) is 5.75 Å². The van der Waals surface area contributed by atoms with E-state index in [0.717, 1.165) is 22.4 Å². The van der Waals surface area contributed by atoms with E-state index in [1.54, 1.807) is 7.11 Å². The molecule has 0 unspecified atom stereocenters. The smallest absolute Gasteiger partial charge is 0.126 e. The van der Waals surface area contributed by atoms with E-state index < -0.39 is 0 Å². The van der Waals surface area contributed by atoms with E-state index in [4.69, 9.17) is 4.74 Å². The first-order valence-electron chi connectivity index (χ1n) is 9.70. The van der Waals surface area contributed by atoms with Gasteiger partial charge in [-0.25, -0.2) is 0 Å². The number of hydrogen-bond acceptors (Lipinski definition) is 1. The van der Waals surface area contributed by atoms with Gasteiger partial charge in [-0.05, 0) is 47.5 Å². The van der Waals surface area contributed by atoms with Gasteiger partial charge in [-0.2, -0.15) is 0 Å². The molecule has 0 fully saturated rings. The maximum atomic E-state index is 5.54. The van der Waals surface area contributed by atoms with Crippen molar-refractivity contribution < 1.29 is 4.74 Å². The molecule has 0 saturated carbocycles. The summed E-state index contributed by atoms with van der Waals surface area (Å²) in [4.78, 5) is 0. The molecule has 0 bridgehead atoms. The standard InChI is InChI=1S/C27H21NO/c1-3-21-22(13-9-15-27(21)29-2)19-16-17-26-24(18-19)23-12-7-8-14-25(23)28(26)20-10-5-4-6-11-20/h3-18H,1H2,2H3. The zero-order valence-electron chi connectivity index (χ0n) is 16.3. The largest absolute Gasteiger partial charge is 0.496 e. The molecule has 2 heteroatoms. The van der Waals surface area contributed by atoms with Crippen LogP contribution in [0.15, 0.2) is 97.6 Å². The van der Waals surface area contributed by atoms with Crippen LogP contribution in [0.3, 0.4) is 0 Å². The van der Waals surface area contributed by atoms with Crippen LogP contribution in [0.25, 0.3) is 44.7 Å². The SMILES string of the molecule is C=Cc1c(OC)cccc1-c1ccc2c(c1)c1ccccc1n2-c1ccccc1. The first-order valence-corrected chi connectivity index (χ1v) is 9.70. The fourth-order valence-corrected chi connectivity index (χ4v) is 4.18.